The van der Waals surface area contributed by atoms with Crippen LogP contribution in [0.25, 0.3) is 0 Å². The van der Waals surface area contributed by atoms with Gasteiger partial charge in [0.05, 0.1) is 6.54 Å². The first kappa shape index (κ1) is 24.2. The first-order chi connectivity index (χ1) is 12.8. The van der Waals surface area contributed by atoms with Crippen LogP contribution in [-0.4, -0.2) is 50.0 Å². The maximum atomic E-state index is 12.5. The van der Waals surface area contributed by atoms with Crippen molar-refractivity contribution in [2.24, 2.45) is 4.99 Å². The van der Waals surface area contributed by atoms with Gasteiger partial charge in [-0.2, -0.15) is 0 Å². The molecule has 0 unspecified atom stereocenters. The van der Waals surface area contributed by atoms with E-state index in [1.807, 2.05) is 43.9 Å². The maximum absolute atomic E-state index is 12.5. The second kappa shape index (κ2) is 11.2. The Kier molecular flexibility index (Phi) is 9.71. The fraction of sp³-hybridized carbons (Fsp3) is 0.550. The minimum absolute atomic E-state index is 0. The second-order valence-electron chi connectivity index (χ2n) is 7.68. The van der Waals surface area contributed by atoms with Crippen LogP contribution in [0.15, 0.2) is 29.3 Å². The summed E-state index contributed by atoms with van der Waals surface area (Å²) in [4.78, 5) is 30.3. The number of nitrogens with one attached hydrogen (secondary N) is 3. The van der Waals surface area contributed by atoms with Crippen molar-refractivity contribution >= 4 is 47.4 Å². The molecule has 2 rings (SSSR count). The fourth-order valence-electron chi connectivity index (χ4n) is 3.03. The Hall–Kier alpha value is -1.84. The molecule has 0 aliphatic carbocycles. The second-order valence-corrected chi connectivity index (χ2v) is 7.68. The molecule has 3 N–H and O–H groups in total. The molecule has 0 atom stereocenters. The Bertz CT molecular complexity index is 700. The Morgan fingerprint density at radius 3 is 2.57 bits per heavy atom. The Balaban J connectivity index is 0.00000392. The normalized spacial score (nSPS) is 13.4. The molecule has 1 heterocycles. The van der Waals surface area contributed by atoms with Crippen molar-refractivity contribution in [2.45, 2.75) is 45.6 Å². The standard InChI is InChI=1S/C20H31N5O2.HI/c1-20(2,3)24-17(26)14-23-19(21-4)22-12-7-10-18(27)25-13-11-15-8-5-6-9-16(15)25;/h5-6,8-9H,7,10-14H2,1-4H3,(H,24,26)(H2,21,22,23);1H. The van der Waals surface area contributed by atoms with Gasteiger partial charge < -0.3 is 20.9 Å². The highest BCUT2D eigenvalue weighted by molar-refractivity contribution is 14.0. The number of halogens is 1. The van der Waals surface area contributed by atoms with Gasteiger partial charge in [0.15, 0.2) is 5.96 Å². The summed E-state index contributed by atoms with van der Waals surface area (Å²) in [6, 6.07) is 8.07. The third-order valence-electron chi connectivity index (χ3n) is 4.20. The summed E-state index contributed by atoms with van der Waals surface area (Å²) < 4.78 is 0. The lowest BCUT2D eigenvalue weighted by molar-refractivity contribution is -0.121. The van der Waals surface area contributed by atoms with Crippen LogP contribution in [0.1, 0.15) is 39.2 Å². The lowest BCUT2D eigenvalue weighted by Crippen LogP contribution is -2.48. The lowest BCUT2D eigenvalue weighted by atomic mass is 10.1. The Morgan fingerprint density at radius 1 is 1.18 bits per heavy atom. The molecule has 0 radical (unpaired) electrons. The maximum Gasteiger partial charge on any atom is 0.239 e. The van der Waals surface area contributed by atoms with E-state index in [1.54, 1.807) is 7.05 Å². The number of carbonyl (C=O) groups excluding carboxylic acids is 2. The summed E-state index contributed by atoms with van der Waals surface area (Å²) in [7, 11) is 1.66. The van der Waals surface area contributed by atoms with Gasteiger partial charge in [-0.3, -0.25) is 14.6 Å². The number of guanidine groups is 1. The number of rotatable bonds is 6. The summed E-state index contributed by atoms with van der Waals surface area (Å²) in [5.74, 6) is 0.612. The van der Waals surface area contributed by atoms with E-state index in [2.05, 4.69) is 27.0 Å². The topological polar surface area (TPSA) is 85.8 Å². The number of carbonyl (C=O) groups is 2. The predicted octanol–water partition coefficient (Wildman–Crippen LogP) is 2.05. The van der Waals surface area contributed by atoms with Crippen LogP contribution in [0.3, 0.4) is 0 Å². The van der Waals surface area contributed by atoms with E-state index in [9.17, 15) is 9.59 Å². The quantitative estimate of drug-likeness (QED) is 0.241. The minimum atomic E-state index is -0.260. The lowest BCUT2D eigenvalue weighted by Gasteiger charge is -2.21. The van der Waals surface area contributed by atoms with Crippen molar-refractivity contribution in [3.63, 3.8) is 0 Å². The Labute approximate surface area is 184 Å². The van der Waals surface area contributed by atoms with Crippen molar-refractivity contribution < 1.29 is 9.59 Å². The third-order valence-corrected chi connectivity index (χ3v) is 4.20. The van der Waals surface area contributed by atoms with Crippen LogP contribution < -0.4 is 20.9 Å². The van der Waals surface area contributed by atoms with Gasteiger partial charge in [-0.05, 0) is 45.2 Å². The summed E-state index contributed by atoms with van der Waals surface area (Å²) in [6.07, 6.45) is 2.10. The number of para-hydroxylation sites is 1. The molecule has 0 spiro atoms. The van der Waals surface area contributed by atoms with Crippen LogP contribution in [0.4, 0.5) is 5.69 Å². The molecular formula is C20H32IN5O2. The zero-order valence-electron chi connectivity index (χ0n) is 17.2. The first-order valence-electron chi connectivity index (χ1n) is 9.44. The molecule has 1 aromatic rings. The van der Waals surface area contributed by atoms with Gasteiger partial charge in [0.25, 0.3) is 0 Å². The number of nitrogens with zero attached hydrogens (tertiary/aromatic N) is 2. The molecule has 1 aliphatic heterocycles. The number of anilines is 1. The van der Waals surface area contributed by atoms with E-state index in [1.165, 1.54) is 5.56 Å². The van der Waals surface area contributed by atoms with Crippen LogP contribution >= 0.6 is 24.0 Å². The Morgan fingerprint density at radius 2 is 1.89 bits per heavy atom. The molecule has 1 aromatic carbocycles. The van der Waals surface area contributed by atoms with E-state index >= 15 is 0 Å². The van der Waals surface area contributed by atoms with Crippen LogP contribution in [-0.2, 0) is 16.0 Å². The number of hydrogen-bond donors (Lipinski definition) is 3. The van der Waals surface area contributed by atoms with E-state index in [0.717, 1.165) is 18.7 Å². The molecule has 156 valence electrons. The van der Waals surface area contributed by atoms with Gasteiger partial charge in [-0.1, -0.05) is 18.2 Å². The van der Waals surface area contributed by atoms with E-state index in [4.69, 9.17) is 0 Å². The van der Waals surface area contributed by atoms with Crippen LogP contribution in [0.5, 0.6) is 0 Å². The van der Waals surface area contributed by atoms with Crippen molar-refractivity contribution in [3.8, 4) is 0 Å². The van der Waals surface area contributed by atoms with Crippen molar-refractivity contribution in [3.05, 3.63) is 29.8 Å². The molecule has 0 saturated heterocycles. The van der Waals surface area contributed by atoms with Gasteiger partial charge in [0, 0.05) is 37.8 Å². The molecule has 7 nitrogen and oxygen atoms in total. The molecule has 0 aromatic heterocycles. The summed E-state index contributed by atoms with van der Waals surface area (Å²) in [5.41, 5.74) is 2.02. The number of amides is 2. The SMILES string of the molecule is CN=C(NCCCC(=O)N1CCc2ccccc21)NCC(=O)NC(C)(C)C.I. The van der Waals surface area contributed by atoms with Gasteiger partial charge in [-0.25, -0.2) is 0 Å². The molecule has 0 bridgehead atoms. The van der Waals surface area contributed by atoms with E-state index in [-0.39, 0.29) is 47.9 Å². The highest BCUT2D eigenvalue weighted by Crippen LogP contribution is 2.27. The zero-order chi connectivity index (χ0) is 19.9. The van der Waals surface area contributed by atoms with Crippen LogP contribution in [0.2, 0.25) is 0 Å². The van der Waals surface area contributed by atoms with Gasteiger partial charge in [0.2, 0.25) is 11.8 Å². The number of aliphatic imine (C=N–C) groups is 1. The molecule has 28 heavy (non-hydrogen) atoms. The monoisotopic (exact) mass is 501 g/mol. The van der Waals surface area contributed by atoms with Gasteiger partial charge in [0.1, 0.15) is 0 Å². The first-order valence-corrected chi connectivity index (χ1v) is 9.44. The average molecular weight is 501 g/mol. The smallest absolute Gasteiger partial charge is 0.239 e. The van der Waals surface area contributed by atoms with Crippen molar-refractivity contribution in [1.82, 2.24) is 16.0 Å². The summed E-state index contributed by atoms with van der Waals surface area (Å²) in [6.45, 7) is 7.34. The molecule has 8 heteroatoms. The van der Waals surface area contributed by atoms with Crippen molar-refractivity contribution in [2.75, 3.05) is 31.6 Å². The summed E-state index contributed by atoms with van der Waals surface area (Å²) in [5, 5.41) is 9.01. The number of hydrogen-bond acceptors (Lipinski definition) is 3. The average Bonchev–Trinajstić information content (AvgIpc) is 3.03. The van der Waals surface area contributed by atoms with Crippen molar-refractivity contribution in [1.29, 1.82) is 0 Å². The molecular weight excluding hydrogens is 469 g/mol. The minimum Gasteiger partial charge on any atom is -0.356 e. The molecule has 1 aliphatic rings. The highest BCUT2D eigenvalue weighted by atomic mass is 127. The number of benzene rings is 1. The largest absolute Gasteiger partial charge is 0.356 e. The van der Waals surface area contributed by atoms with Gasteiger partial charge >= 0.3 is 0 Å². The highest BCUT2D eigenvalue weighted by Gasteiger charge is 2.23. The summed E-state index contributed by atoms with van der Waals surface area (Å²) >= 11 is 0. The fourth-order valence-corrected chi connectivity index (χ4v) is 3.03. The molecule has 0 saturated carbocycles. The number of fused-ring (bicyclic) bond motifs is 1. The zero-order valence-corrected chi connectivity index (χ0v) is 19.5. The third kappa shape index (κ3) is 7.65. The van der Waals surface area contributed by atoms with E-state index < -0.39 is 0 Å². The van der Waals surface area contributed by atoms with Crippen LogP contribution in [0, 0.1) is 0 Å². The molecule has 0 fully saturated rings. The van der Waals surface area contributed by atoms with E-state index in [0.29, 0.717) is 25.3 Å². The molecule has 2 amide bonds. The van der Waals surface area contributed by atoms with Gasteiger partial charge in [-0.15, -0.1) is 24.0 Å². The predicted molar refractivity (Wildman–Crippen MR) is 124 cm³/mol.